The van der Waals surface area contributed by atoms with Crippen LogP contribution in [0, 0.1) is 11.3 Å². The molecule has 4 aromatic rings. The van der Waals surface area contributed by atoms with Crippen molar-refractivity contribution < 1.29 is 9.21 Å². The van der Waals surface area contributed by atoms with E-state index in [1.165, 1.54) is 4.88 Å². The molecule has 3 aromatic heterocycles. The smallest absolute Gasteiger partial charge is 0.328 e. The van der Waals surface area contributed by atoms with Gasteiger partial charge in [-0.25, -0.2) is 9.79 Å². The minimum absolute atomic E-state index is 0.0612. The number of rotatable bonds is 5. The number of benzene rings is 1. The van der Waals surface area contributed by atoms with E-state index in [2.05, 4.69) is 26.1 Å². The maximum atomic E-state index is 13.4. The number of amides is 1. The van der Waals surface area contributed by atoms with Crippen LogP contribution in [0.5, 0.6) is 0 Å². The number of carbonyl (C=O) groups is 1. The summed E-state index contributed by atoms with van der Waals surface area (Å²) in [6.45, 7) is 7.21. The van der Waals surface area contributed by atoms with Crippen LogP contribution in [-0.2, 0) is 33.5 Å². The summed E-state index contributed by atoms with van der Waals surface area (Å²) in [5.74, 6) is 1.17. The van der Waals surface area contributed by atoms with E-state index in [-0.39, 0.29) is 17.0 Å². The molecule has 0 saturated heterocycles. The molecule has 1 aliphatic rings. The first-order valence-electron chi connectivity index (χ1n) is 12.3. The van der Waals surface area contributed by atoms with Crippen molar-refractivity contribution in [2.24, 2.45) is 30.4 Å². The summed E-state index contributed by atoms with van der Waals surface area (Å²) in [6, 6.07) is 9.51. The average molecular weight is 505 g/mol. The van der Waals surface area contributed by atoms with Crippen LogP contribution in [0.3, 0.4) is 0 Å². The van der Waals surface area contributed by atoms with Gasteiger partial charge in [-0.3, -0.25) is 13.9 Å². The largest absolute Gasteiger partial charge is 0.467 e. The molecule has 0 bridgehead atoms. The number of aromatic nitrogens is 2. The first kappa shape index (κ1) is 24.3. The summed E-state index contributed by atoms with van der Waals surface area (Å²) in [6.07, 6.45) is 6.31. The summed E-state index contributed by atoms with van der Waals surface area (Å²) < 4.78 is 8.66. The van der Waals surface area contributed by atoms with Crippen LogP contribution in [-0.4, -0.2) is 21.3 Å². The number of fused-ring (bicyclic) bond motifs is 2. The number of hydrogen-bond donors (Lipinski definition) is 1. The Labute approximate surface area is 214 Å². The van der Waals surface area contributed by atoms with Gasteiger partial charge in [0.15, 0.2) is 0 Å². The van der Waals surface area contributed by atoms with Crippen molar-refractivity contribution in [1.82, 2.24) is 14.5 Å². The number of aliphatic imine (C=N–C) groups is 1. The van der Waals surface area contributed by atoms with Crippen LogP contribution >= 0.6 is 11.3 Å². The van der Waals surface area contributed by atoms with Gasteiger partial charge in [0.2, 0.25) is 0 Å². The molecule has 5 rings (SSSR count). The van der Waals surface area contributed by atoms with E-state index in [0.717, 1.165) is 46.4 Å². The second-order valence-corrected chi connectivity index (χ2v) is 11.7. The molecule has 1 aliphatic carbocycles. The lowest BCUT2D eigenvalue weighted by atomic mass is 9.72. The monoisotopic (exact) mass is 504 g/mol. The van der Waals surface area contributed by atoms with Crippen LogP contribution in [0.25, 0.3) is 11.0 Å². The Morgan fingerprint density at radius 2 is 2.00 bits per heavy atom. The van der Waals surface area contributed by atoms with E-state index in [4.69, 9.17) is 9.41 Å². The molecule has 1 atom stereocenters. The molecule has 188 valence electrons. The first-order valence-corrected chi connectivity index (χ1v) is 13.1. The van der Waals surface area contributed by atoms with Crippen LogP contribution in [0.15, 0.2) is 50.8 Å². The van der Waals surface area contributed by atoms with Gasteiger partial charge in [-0.15, -0.1) is 11.3 Å². The summed E-state index contributed by atoms with van der Waals surface area (Å²) >= 11 is 1.62. The topological polar surface area (TPSA) is 81.5 Å². The van der Waals surface area contributed by atoms with Gasteiger partial charge in [0.1, 0.15) is 10.8 Å². The van der Waals surface area contributed by atoms with Gasteiger partial charge in [-0.1, -0.05) is 26.8 Å². The number of hydrogen-bond acceptors (Lipinski definition) is 5. The molecule has 0 fully saturated rings. The van der Waals surface area contributed by atoms with Gasteiger partial charge in [0.05, 0.1) is 29.4 Å². The van der Waals surface area contributed by atoms with Gasteiger partial charge in [0, 0.05) is 25.2 Å². The molecule has 1 amide bonds. The van der Waals surface area contributed by atoms with Crippen molar-refractivity contribution in [3.63, 3.8) is 0 Å². The van der Waals surface area contributed by atoms with E-state index in [0.29, 0.717) is 23.8 Å². The Balaban J connectivity index is 1.50. The zero-order valence-electron chi connectivity index (χ0n) is 21.4. The van der Waals surface area contributed by atoms with Gasteiger partial charge in [-0.05, 0) is 66.0 Å². The molecule has 0 saturated carbocycles. The maximum absolute atomic E-state index is 13.4. The average Bonchev–Trinajstić information content (AvgIpc) is 3.55. The third-order valence-electron chi connectivity index (χ3n) is 7.33. The van der Waals surface area contributed by atoms with E-state index in [1.807, 2.05) is 30.3 Å². The Morgan fingerprint density at radius 3 is 2.72 bits per heavy atom. The highest BCUT2D eigenvalue weighted by Crippen LogP contribution is 2.45. The predicted octanol–water partition coefficient (Wildman–Crippen LogP) is 5.36. The van der Waals surface area contributed by atoms with E-state index in [1.54, 1.807) is 47.0 Å². The van der Waals surface area contributed by atoms with Gasteiger partial charge in [-0.2, -0.15) is 0 Å². The van der Waals surface area contributed by atoms with Gasteiger partial charge >= 0.3 is 5.69 Å². The molecule has 0 radical (unpaired) electrons. The number of furan rings is 1. The fourth-order valence-corrected chi connectivity index (χ4v) is 6.31. The molecular weight excluding hydrogens is 472 g/mol. The second kappa shape index (κ2) is 9.24. The third-order valence-corrected chi connectivity index (χ3v) is 8.49. The Morgan fingerprint density at radius 1 is 1.22 bits per heavy atom. The van der Waals surface area contributed by atoms with E-state index < -0.39 is 0 Å². The summed E-state index contributed by atoms with van der Waals surface area (Å²) in [5.41, 5.74) is 4.56. The normalized spacial score (nSPS) is 16.1. The van der Waals surface area contributed by atoms with E-state index >= 15 is 0 Å². The number of aryl methyl sites for hydroxylation is 2. The van der Waals surface area contributed by atoms with Crippen molar-refractivity contribution in [2.45, 2.75) is 46.6 Å². The third kappa shape index (κ3) is 4.46. The number of nitrogens with zero attached hydrogens (tertiary/aromatic N) is 3. The molecule has 36 heavy (non-hydrogen) atoms. The minimum atomic E-state index is -0.119. The standard InChI is InChI=1S/C28H32N4O3S/c1-28(2,3)18-9-10-20-23(14-18)36-26(24(20)25(33)29-16-19-7-6-12-35-19)30-15-17-8-11-21-22(13-17)32(5)27(34)31(21)4/h6-8,11-13,15,18H,9-10,14,16H2,1-5H3,(H,29,33)/t18-/m0/s1. The Hall–Kier alpha value is -3.39. The quantitative estimate of drug-likeness (QED) is 0.371. The molecular formula is C28H32N4O3S. The molecule has 1 N–H and O–H groups in total. The number of imidazole rings is 1. The van der Waals surface area contributed by atoms with Gasteiger partial charge < -0.3 is 9.73 Å². The Kier molecular flexibility index (Phi) is 6.24. The van der Waals surface area contributed by atoms with Crippen molar-refractivity contribution in [1.29, 1.82) is 0 Å². The fourth-order valence-electron chi connectivity index (χ4n) is 5.04. The molecule has 0 aliphatic heterocycles. The minimum Gasteiger partial charge on any atom is -0.467 e. The second-order valence-electron chi connectivity index (χ2n) is 10.7. The lowest BCUT2D eigenvalue weighted by Gasteiger charge is -2.33. The van der Waals surface area contributed by atoms with Crippen molar-refractivity contribution in [3.8, 4) is 0 Å². The zero-order valence-corrected chi connectivity index (χ0v) is 22.2. The lowest BCUT2D eigenvalue weighted by Crippen LogP contribution is -2.28. The highest BCUT2D eigenvalue weighted by atomic mass is 32.1. The molecule has 3 heterocycles. The van der Waals surface area contributed by atoms with E-state index in [9.17, 15) is 9.59 Å². The molecule has 1 aromatic carbocycles. The SMILES string of the molecule is Cn1c(=O)n(C)c2cc(C=Nc3sc4c(c3C(=O)NCc3ccco3)CC[C@H](C(C)(C)C)C4)ccc21. The highest BCUT2D eigenvalue weighted by Gasteiger charge is 2.33. The molecule has 7 nitrogen and oxygen atoms in total. The fraction of sp³-hybridized carbons (Fsp3) is 0.393. The lowest BCUT2D eigenvalue weighted by molar-refractivity contribution is 0.0947. The molecule has 0 spiro atoms. The van der Waals surface area contributed by atoms with Crippen LogP contribution in [0.2, 0.25) is 0 Å². The maximum Gasteiger partial charge on any atom is 0.328 e. The van der Waals surface area contributed by atoms with Crippen molar-refractivity contribution in [3.05, 3.63) is 74.4 Å². The van der Waals surface area contributed by atoms with Gasteiger partial charge in [0.25, 0.3) is 5.91 Å². The van der Waals surface area contributed by atoms with Crippen molar-refractivity contribution >= 4 is 39.5 Å². The molecule has 8 heteroatoms. The zero-order chi connectivity index (χ0) is 25.6. The summed E-state index contributed by atoms with van der Waals surface area (Å²) in [4.78, 5) is 31.8. The summed E-state index contributed by atoms with van der Waals surface area (Å²) in [7, 11) is 3.54. The van der Waals surface area contributed by atoms with Crippen LogP contribution in [0.4, 0.5) is 5.00 Å². The number of carbonyl (C=O) groups excluding carboxylic acids is 1. The van der Waals surface area contributed by atoms with Crippen LogP contribution < -0.4 is 11.0 Å². The Bertz CT molecular complexity index is 1510. The highest BCUT2D eigenvalue weighted by molar-refractivity contribution is 7.16. The summed E-state index contributed by atoms with van der Waals surface area (Å²) in [5, 5.41) is 3.75. The number of nitrogens with one attached hydrogen (secondary N) is 1. The predicted molar refractivity (Wildman–Crippen MR) is 145 cm³/mol. The first-order chi connectivity index (χ1) is 17.1. The van der Waals surface area contributed by atoms with Crippen LogP contribution in [0.1, 0.15) is 59.3 Å². The van der Waals surface area contributed by atoms with Crippen molar-refractivity contribution in [2.75, 3.05) is 0 Å². The molecule has 0 unspecified atom stereocenters. The number of thiophene rings is 1.